The van der Waals surface area contributed by atoms with E-state index in [9.17, 15) is 15.2 Å². The molecule has 26 heavy (non-hydrogen) atoms. The summed E-state index contributed by atoms with van der Waals surface area (Å²) >= 11 is 0. The zero-order chi connectivity index (χ0) is 18.7. The number of benzene rings is 2. The molecule has 0 aliphatic heterocycles. The Morgan fingerprint density at radius 1 is 1.15 bits per heavy atom. The van der Waals surface area contributed by atoms with E-state index in [1.165, 1.54) is 6.92 Å². The van der Waals surface area contributed by atoms with Gasteiger partial charge in [0, 0.05) is 23.7 Å². The van der Waals surface area contributed by atoms with Crippen molar-refractivity contribution in [1.29, 1.82) is 5.26 Å². The van der Waals surface area contributed by atoms with Gasteiger partial charge in [0.25, 0.3) is 0 Å². The first-order valence-electron chi connectivity index (χ1n) is 7.86. The van der Waals surface area contributed by atoms with Crippen LogP contribution in [-0.4, -0.2) is 16.0 Å². The van der Waals surface area contributed by atoms with Gasteiger partial charge in [-0.1, -0.05) is 24.3 Å². The van der Waals surface area contributed by atoms with Crippen molar-refractivity contribution in [2.24, 2.45) is 0 Å². The van der Waals surface area contributed by atoms with Gasteiger partial charge in [0.05, 0.1) is 5.69 Å². The number of carbonyl (C=O) groups is 1. The number of amides is 1. The van der Waals surface area contributed by atoms with Crippen LogP contribution in [0.2, 0.25) is 0 Å². The lowest BCUT2D eigenvalue weighted by Gasteiger charge is -2.12. The second-order valence-corrected chi connectivity index (χ2v) is 5.71. The van der Waals surface area contributed by atoms with E-state index in [1.807, 2.05) is 6.07 Å². The first kappa shape index (κ1) is 17.0. The molecule has 2 aromatic carbocycles. The molecule has 0 fully saturated rings. The van der Waals surface area contributed by atoms with Crippen molar-refractivity contribution in [3.63, 3.8) is 0 Å². The molecule has 1 aromatic heterocycles. The third kappa shape index (κ3) is 3.32. The van der Waals surface area contributed by atoms with Crippen LogP contribution < -0.4 is 11.1 Å². The van der Waals surface area contributed by atoms with Crippen molar-refractivity contribution in [1.82, 2.24) is 4.98 Å². The van der Waals surface area contributed by atoms with E-state index >= 15 is 0 Å². The smallest absolute Gasteiger partial charge is 0.221 e. The van der Waals surface area contributed by atoms with Crippen molar-refractivity contribution in [2.45, 2.75) is 6.92 Å². The van der Waals surface area contributed by atoms with E-state index in [0.29, 0.717) is 28.1 Å². The van der Waals surface area contributed by atoms with Crippen molar-refractivity contribution >= 4 is 17.4 Å². The number of nitrogen functional groups attached to an aromatic ring is 1. The predicted molar refractivity (Wildman–Crippen MR) is 100 cm³/mol. The van der Waals surface area contributed by atoms with Crippen LogP contribution in [0.4, 0.5) is 11.5 Å². The van der Waals surface area contributed by atoms with Crippen molar-refractivity contribution in [3.8, 4) is 34.2 Å². The Morgan fingerprint density at radius 2 is 1.92 bits per heavy atom. The van der Waals surface area contributed by atoms with E-state index < -0.39 is 0 Å². The molecule has 0 radical (unpaired) electrons. The number of pyridine rings is 1. The molecule has 0 spiro atoms. The van der Waals surface area contributed by atoms with Crippen LogP contribution >= 0.6 is 0 Å². The third-order valence-electron chi connectivity index (χ3n) is 3.83. The number of nitrogens with one attached hydrogen (secondary N) is 1. The molecule has 0 bridgehead atoms. The molecule has 128 valence electrons. The standard InChI is InChI=1S/C20H16N4O2/c1-12(25)23-14-6-4-5-13(9-14)16-10-18(24-20(22)17(16)11-21)15-7-2-3-8-19(15)26/h2-10,26H,1H3,(H2,22,24)(H,23,25). The first-order valence-corrected chi connectivity index (χ1v) is 7.86. The van der Waals surface area contributed by atoms with Gasteiger partial charge in [-0.05, 0) is 35.9 Å². The number of aromatic hydroxyl groups is 1. The molecule has 1 heterocycles. The second kappa shape index (κ2) is 6.95. The Bertz CT molecular complexity index is 1040. The fraction of sp³-hybridized carbons (Fsp3) is 0.0500. The Labute approximate surface area is 150 Å². The summed E-state index contributed by atoms with van der Waals surface area (Å²) in [6.45, 7) is 1.42. The molecule has 6 heteroatoms. The molecular formula is C20H16N4O2. The Morgan fingerprint density at radius 3 is 2.62 bits per heavy atom. The summed E-state index contributed by atoms with van der Waals surface area (Å²) in [5, 5.41) is 22.3. The predicted octanol–water partition coefficient (Wildman–Crippen LogP) is 3.53. The number of nitriles is 1. The zero-order valence-electron chi connectivity index (χ0n) is 14.0. The number of rotatable bonds is 3. The van der Waals surface area contributed by atoms with Gasteiger partial charge < -0.3 is 16.2 Å². The maximum atomic E-state index is 11.3. The van der Waals surface area contributed by atoms with Gasteiger partial charge in [0.1, 0.15) is 23.2 Å². The van der Waals surface area contributed by atoms with Crippen LogP contribution in [0.3, 0.4) is 0 Å². The maximum absolute atomic E-state index is 11.3. The van der Waals surface area contributed by atoms with Crippen molar-refractivity contribution in [2.75, 3.05) is 11.1 Å². The molecule has 1 amide bonds. The lowest BCUT2D eigenvalue weighted by Crippen LogP contribution is -2.05. The fourth-order valence-corrected chi connectivity index (χ4v) is 2.71. The van der Waals surface area contributed by atoms with Crippen LogP contribution in [0, 0.1) is 11.3 Å². The second-order valence-electron chi connectivity index (χ2n) is 5.71. The number of carbonyl (C=O) groups excluding carboxylic acids is 1. The minimum Gasteiger partial charge on any atom is -0.507 e. The van der Waals surface area contributed by atoms with E-state index in [-0.39, 0.29) is 23.0 Å². The summed E-state index contributed by atoms with van der Waals surface area (Å²) in [7, 11) is 0. The SMILES string of the molecule is CC(=O)Nc1cccc(-c2cc(-c3ccccc3O)nc(N)c2C#N)c1. The van der Waals surface area contributed by atoms with Gasteiger partial charge in [-0.25, -0.2) is 4.98 Å². The average Bonchev–Trinajstić information content (AvgIpc) is 2.61. The molecule has 3 rings (SSSR count). The van der Waals surface area contributed by atoms with Crippen LogP contribution in [0.1, 0.15) is 12.5 Å². The molecule has 0 saturated heterocycles. The van der Waals surface area contributed by atoms with E-state index in [1.54, 1.807) is 48.5 Å². The van der Waals surface area contributed by atoms with Gasteiger partial charge in [0.2, 0.25) is 5.91 Å². The number of para-hydroxylation sites is 1. The number of hydrogen-bond acceptors (Lipinski definition) is 5. The molecule has 0 saturated carbocycles. The van der Waals surface area contributed by atoms with Crippen molar-refractivity contribution < 1.29 is 9.90 Å². The number of phenols is 1. The zero-order valence-corrected chi connectivity index (χ0v) is 14.0. The van der Waals surface area contributed by atoms with Gasteiger partial charge in [-0.15, -0.1) is 0 Å². The Kier molecular flexibility index (Phi) is 4.54. The van der Waals surface area contributed by atoms with Crippen LogP contribution in [0.15, 0.2) is 54.6 Å². The van der Waals surface area contributed by atoms with Crippen LogP contribution in [-0.2, 0) is 4.79 Å². The summed E-state index contributed by atoms with van der Waals surface area (Å²) in [6, 6.07) is 17.7. The largest absolute Gasteiger partial charge is 0.507 e. The fourth-order valence-electron chi connectivity index (χ4n) is 2.71. The lowest BCUT2D eigenvalue weighted by atomic mass is 9.98. The molecular weight excluding hydrogens is 328 g/mol. The third-order valence-corrected chi connectivity index (χ3v) is 3.83. The molecule has 3 aromatic rings. The highest BCUT2D eigenvalue weighted by molar-refractivity contribution is 5.90. The minimum atomic E-state index is -0.188. The van der Waals surface area contributed by atoms with E-state index in [2.05, 4.69) is 16.4 Å². The highest BCUT2D eigenvalue weighted by atomic mass is 16.3. The topological polar surface area (TPSA) is 112 Å². The number of nitrogens with two attached hydrogens (primary N) is 1. The van der Waals surface area contributed by atoms with Crippen LogP contribution in [0.25, 0.3) is 22.4 Å². The Hall–Kier alpha value is -3.85. The van der Waals surface area contributed by atoms with Crippen molar-refractivity contribution in [3.05, 3.63) is 60.2 Å². The summed E-state index contributed by atoms with van der Waals surface area (Å²) < 4.78 is 0. The number of nitrogens with zero attached hydrogens (tertiary/aromatic N) is 2. The van der Waals surface area contributed by atoms with Gasteiger partial charge in [0.15, 0.2) is 0 Å². The monoisotopic (exact) mass is 344 g/mol. The molecule has 0 aliphatic rings. The normalized spacial score (nSPS) is 10.2. The van der Waals surface area contributed by atoms with Gasteiger partial charge >= 0.3 is 0 Å². The first-order chi connectivity index (χ1) is 12.5. The van der Waals surface area contributed by atoms with Crippen LogP contribution in [0.5, 0.6) is 5.75 Å². The van der Waals surface area contributed by atoms with E-state index in [4.69, 9.17) is 5.73 Å². The van der Waals surface area contributed by atoms with Gasteiger partial charge in [-0.3, -0.25) is 4.79 Å². The minimum absolute atomic E-state index is 0.0713. The maximum Gasteiger partial charge on any atom is 0.221 e. The average molecular weight is 344 g/mol. The molecule has 6 nitrogen and oxygen atoms in total. The number of aromatic nitrogens is 1. The highest BCUT2D eigenvalue weighted by Gasteiger charge is 2.15. The summed E-state index contributed by atoms with van der Waals surface area (Å²) in [5.74, 6) is -0.0398. The number of phenolic OH excluding ortho intramolecular Hbond substituents is 1. The molecule has 0 aliphatic carbocycles. The summed E-state index contributed by atoms with van der Waals surface area (Å²) in [4.78, 5) is 15.6. The van der Waals surface area contributed by atoms with Gasteiger partial charge in [-0.2, -0.15) is 5.26 Å². The molecule has 0 unspecified atom stereocenters. The lowest BCUT2D eigenvalue weighted by molar-refractivity contribution is -0.114. The molecule has 0 atom stereocenters. The molecule has 4 N–H and O–H groups in total. The summed E-state index contributed by atoms with van der Waals surface area (Å²) in [6.07, 6.45) is 0. The Balaban J connectivity index is 2.19. The summed E-state index contributed by atoms with van der Waals surface area (Å²) in [5.41, 5.74) is 9.10. The number of hydrogen-bond donors (Lipinski definition) is 3. The number of anilines is 2. The highest BCUT2D eigenvalue weighted by Crippen LogP contribution is 2.35. The quantitative estimate of drug-likeness (QED) is 0.673. The van der Waals surface area contributed by atoms with E-state index in [0.717, 1.165) is 0 Å².